The number of urea groups is 1. The number of rotatable bonds is 42. The van der Waals surface area contributed by atoms with Crippen molar-refractivity contribution < 1.29 is 112 Å². The molecule has 1 aliphatic heterocycles. The molecule has 16 N–H and O–H groups in total. The summed E-state index contributed by atoms with van der Waals surface area (Å²) in [5.74, 6) is -12.8. The number of hydrogen-bond acceptors (Lipinski definition) is 20. The first-order chi connectivity index (χ1) is 52.7. The van der Waals surface area contributed by atoms with Crippen LogP contribution in [0.3, 0.4) is 0 Å². The summed E-state index contributed by atoms with van der Waals surface area (Å²) in [6.45, 7) is 11.6. The smallest absolute Gasteiger partial charge is 0.329 e. The van der Waals surface area contributed by atoms with Crippen molar-refractivity contribution in [1.82, 2.24) is 62.1 Å². The topological polar surface area (TPSA) is 519 Å². The van der Waals surface area contributed by atoms with Crippen LogP contribution in [0.1, 0.15) is 141 Å². The Kier molecular flexibility index (Phi) is 36.9. The van der Waals surface area contributed by atoms with Gasteiger partial charge < -0.3 is 87.8 Å². The van der Waals surface area contributed by atoms with Gasteiger partial charge in [-0.2, -0.15) is 0 Å². The third-order valence-corrected chi connectivity index (χ3v) is 25.9. The lowest BCUT2D eigenvalue weighted by atomic mass is 9.81. The average Bonchev–Trinajstić information content (AvgIpc) is 0.746. The fourth-order valence-corrected chi connectivity index (χ4v) is 18.7. The largest absolute Gasteiger partial charge is 0.481 e. The van der Waals surface area contributed by atoms with E-state index in [4.69, 9.17) is 9.84 Å². The van der Waals surface area contributed by atoms with Crippen LogP contribution < -0.4 is 47.7 Å². The minimum atomic E-state index is -3.22. The van der Waals surface area contributed by atoms with Gasteiger partial charge in [-0.3, -0.25) is 72.3 Å². The molecular formula is C76H114N12O23Si. The van der Waals surface area contributed by atoms with E-state index in [9.17, 15) is 103 Å². The van der Waals surface area contributed by atoms with E-state index in [-0.39, 0.29) is 147 Å². The predicted octanol–water partition coefficient (Wildman–Crippen LogP) is 1.43. The number of carboxylic acids is 7. The zero-order valence-electron chi connectivity index (χ0n) is 65.0. The van der Waals surface area contributed by atoms with E-state index in [2.05, 4.69) is 42.5 Å². The van der Waals surface area contributed by atoms with Gasteiger partial charge in [-0.25, -0.2) is 14.4 Å². The maximum absolute atomic E-state index is 14.0. The average molecular weight is 1590 g/mol. The van der Waals surface area contributed by atoms with Gasteiger partial charge in [0, 0.05) is 116 Å². The summed E-state index contributed by atoms with van der Waals surface area (Å²) in [5, 5.41) is 90.8. The highest BCUT2D eigenvalue weighted by Gasteiger charge is 2.54. The number of carbonyl (C=O) groups is 14. The molecule has 0 bridgehead atoms. The molecule has 1 saturated carbocycles. The van der Waals surface area contributed by atoms with Crippen LogP contribution in [0.15, 0.2) is 66.7 Å². The lowest BCUT2D eigenvalue weighted by Gasteiger charge is -2.47. The number of nitrogens with one attached hydrogen (secondary N) is 8. The number of benzene rings is 3. The van der Waals surface area contributed by atoms with E-state index in [1.165, 1.54) is 14.7 Å². The van der Waals surface area contributed by atoms with Gasteiger partial charge >= 0.3 is 47.8 Å². The summed E-state index contributed by atoms with van der Waals surface area (Å²) < 4.78 is 5.70. The summed E-state index contributed by atoms with van der Waals surface area (Å²) >= 11 is 0. The number of fused-ring (bicyclic) bond motifs is 1. The number of ether oxygens (including phenoxy) is 1. The van der Waals surface area contributed by atoms with Gasteiger partial charge in [-0.15, -0.1) is 0 Å². The van der Waals surface area contributed by atoms with E-state index in [0.717, 1.165) is 23.3 Å². The highest BCUT2D eigenvalue weighted by atomic mass is 28.4. The zero-order chi connectivity index (χ0) is 83.1. The number of aliphatic carboxylic acids is 7. The number of nitrogens with zero attached hydrogens (tertiary/aromatic N) is 4. The summed E-state index contributed by atoms with van der Waals surface area (Å²) in [6, 6.07) is 13.5. The van der Waals surface area contributed by atoms with Gasteiger partial charge in [0.2, 0.25) is 37.9 Å². The molecule has 1 saturated heterocycles. The molecular weight excluding hydrogens is 1480 g/mol. The second kappa shape index (κ2) is 44.5. The number of hydrogen-bond donors (Lipinski definition) is 16. The Morgan fingerprint density at radius 1 is 0.527 bits per heavy atom. The molecule has 1 aliphatic carbocycles. The van der Waals surface area contributed by atoms with Crippen molar-refractivity contribution in [3.05, 3.63) is 77.9 Å². The second-order valence-electron chi connectivity index (χ2n) is 31.0. The summed E-state index contributed by atoms with van der Waals surface area (Å²) in [6.07, 6.45) is 0.708. The molecule has 8 amide bonds. The third-order valence-electron chi connectivity index (χ3n) is 20.4. The molecule has 1 heterocycles. The standard InChI is InChI=1S/C76H114N12O23Si/c1-74(2,3)112(110,75(4,5)6)55-23-21-52(22-24-55)66(99)80-45-58(81-61(90)26-25-59(71(105)106)88-38-36-86(47-64(95)96)34-32-85(46-63(93)94)33-35-87(37-39-88)48-65(97)98)69(102)78-31-41-111-40-28-60(89)79-44-49-15-19-53(20-16-49)67(100)82-57(43-50-17-18-51-12-8-9-13-54(51)42-50)68(101)77-30-11-10-14-56(70(103)104)83-73(109)84-76(7,72(107)108)29-27-62(91)92/h8-9,12-13,17-18,21-24,42,49,53,56-59,110H,10-11,14-16,19-20,25-41,43-48H2,1-7H3,(H,77,101)(H,78,102)(H,79,89)(H,80,99)(H,81,90)(H,82,100)(H,91,92)(H,93,94)(H,95,96)(H,97,98)(H,103,104)(H,105,106)(H,107,108)(H2,83,84,109)/t49?,53?,56?,57-,58+,59-,76+/m0/s1. The SMILES string of the molecule is CC(C)(C)[Si](O)(c1ccc(C(=O)NC[C@@H](NC(=O)CC[C@@H](C(=O)O)N2CCN(CC(=O)O)CCN(CC(=O)O)CCN(CC(=O)O)CC2)C(=O)NCCOCCC(=O)NCC2CCC(C(=O)N[C@@H](Cc3ccc4ccccc4c3)C(=O)NCCCCC(NC(=O)N[C@](C)(CCC(=O)O)C(=O)O)C(=O)O)CC2)cc1)C(C)(C)C. The summed E-state index contributed by atoms with van der Waals surface area (Å²) in [7, 11) is -3.22. The normalized spacial score (nSPS) is 17.5. The molecule has 5 rings (SSSR count). The first kappa shape index (κ1) is 92.9. The molecule has 5 atom stereocenters. The van der Waals surface area contributed by atoms with Crippen molar-refractivity contribution >= 4 is 108 Å². The van der Waals surface area contributed by atoms with Crippen LogP contribution in [0.5, 0.6) is 0 Å². The summed E-state index contributed by atoms with van der Waals surface area (Å²) in [4.78, 5) is 197. The van der Waals surface area contributed by atoms with Crippen LogP contribution in [-0.2, 0) is 68.7 Å². The van der Waals surface area contributed by atoms with Crippen LogP contribution in [-0.4, -0.2) is 293 Å². The monoisotopic (exact) mass is 1590 g/mol. The van der Waals surface area contributed by atoms with Crippen LogP contribution in [0.25, 0.3) is 10.8 Å². The minimum Gasteiger partial charge on any atom is -0.481 e. The molecule has 0 aromatic heterocycles. The molecule has 36 heteroatoms. The van der Waals surface area contributed by atoms with E-state index in [0.29, 0.717) is 37.4 Å². The van der Waals surface area contributed by atoms with E-state index >= 15 is 0 Å². The van der Waals surface area contributed by atoms with Crippen LogP contribution in [0.4, 0.5) is 4.79 Å². The van der Waals surface area contributed by atoms with Gasteiger partial charge in [0.05, 0.1) is 32.8 Å². The first-order valence-corrected chi connectivity index (χ1v) is 39.8. The predicted molar refractivity (Wildman–Crippen MR) is 412 cm³/mol. The van der Waals surface area contributed by atoms with Crippen molar-refractivity contribution in [3.63, 3.8) is 0 Å². The van der Waals surface area contributed by atoms with Crippen molar-refractivity contribution in [3.8, 4) is 0 Å². The second-order valence-corrected chi connectivity index (χ2v) is 36.0. The van der Waals surface area contributed by atoms with Gasteiger partial charge in [0.1, 0.15) is 29.7 Å². The molecule has 3 aromatic rings. The highest BCUT2D eigenvalue weighted by molar-refractivity contribution is 6.90. The van der Waals surface area contributed by atoms with Crippen molar-refractivity contribution in [2.45, 2.75) is 172 Å². The Bertz CT molecular complexity index is 3690. The minimum absolute atomic E-state index is 0.00567. The number of unbranched alkanes of at least 4 members (excludes halogenated alkanes) is 1. The van der Waals surface area contributed by atoms with Gasteiger partial charge in [0.15, 0.2) is 0 Å². The van der Waals surface area contributed by atoms with Crippen molar-refractivity contribution in [1.29, 1.82) is 0 Å². The summed E-state index contributed by atoms with van der Waals surface area (Å²) in [5.41, 5.74) is -1.03. The van der Waals surface area contributed by atoms with Crippen LogP contribution >= 0.6 is 0 Å². The lowest BCUT2D eigenvalue weighted by Crippen LogP contribution is -2.61. The van der Waals surface area contributed by atoms with Gasteiger partial charge in [0.25, 0.3) is 5.91 Å². The molecule has 2 aliphatic rings. The number of carbonyl (C=O) groups excluding carboxylic acids is 7. The Hall–Kier alpha value is -9.72. The van der Waals surface area contributed by atoms with Gasteiger partial charge in [-0.05, 0) is 114 Å². The Balaban J connectivity index is 1.15. The highest BCUT2D eigenvalue weighted by Crippen LogP contribution is 2.48. The fraction of sp³-hybridized carbons (Fsp3) is 0.605. The van der Waals surface area contributed by atoms with Crippen LogP contribution in [0.2, 0.25) is 10.1 Å². The van der Waals surface area contributed by atoms with E-state index in [1.54, 1.807) is 29.2 Å². The number of amides is 8. The first-order valence-electron chi connectivity index (χ1n) is 37.8. The molecule has 1 unspecified atom stereocenters. The number of carboxylic acid groups (broad SMARTS) is 7. The Morgan fingerprint density at radius 2 is 1.08 bits per heavy atom. The molecule has 112 heavy (non-hydrogen) atoms. The zero-order valence-corrected chi connectivity index (χ0v) is 66.0. The fourth-order valence-electron chi connectivity index (χ4n) is 14.1. The van der Waals surface area contributed by atoms with Crippen molar-refractivity contribution in [2.75, 3.05) is 111 Å². The third kappa shape index (κ3) is 30.8. The van der Waals surface area contributed by atoms with E-state index in [1.807, 2.05) is 84.0 Å². The quantitative estimate of drug-likeness (QED) is 0.0282. The van der Waals surface area contributed by atoms with Crippen LogP contribution in [0, 0.1) is 11.8 Å². The lowest BCUT2D eigenvalue weighted by molar-refractivity contribution is -0.146. The molecule has 620 valence electrons. The van der Waals surface area contributed by atoms with Crippen molar-refractivity contribution in [2.24, 2.45) is 11.8 Å². The molecule has 0 radical (unpaired) electrons. The maximum atomic E-state index is 14.0. The van der Waals surface area contributed by atoms with Gasteiger partial charge in [-0.1, -0.05) is 96.1 Å². The molecule has 3 aromatic carbocycles. The molecule has 35 nitrogen and oxygen atoms in total. The Labute approximate surface area is 652 Å². The van der Waals surface area contributed by atoms with E-state index < -0.39 is 164 Å². The molecule has 2 fully saturated rings. The maximum Gasteiger partial charge on any atom is 0.329 e. The molecule has 0 spiro atoms. The Morgan fingerprint density at radius 3 is 1.62 bits per heavy atom.